The summed E-state index contributed by atoms with van der Waals surface area (Å²) in [5.74, 6) is 0. The predicted molar refractivity (Wildman–Crippen MR) is 116 cm³/mol. The Hall–Kier alpha value is -1.74. The minimum absolute atomic E-state index is 0.142. The van der Waals surface area contributed by atoms with Crippen LogP contribution in [0.3, 0.4) is 0 Å². The number of sulfonamides is 2. The lowest BCUT2D eigenvalue weighted by Crippen LogP contribution is -2.31. The maximum Gasteiger partial charge on any atom is 0.241 e. The van der Waals surface area contributed by atoms with Crippen molar-refractivity contribution in [3.05, 3.63) is 57.6 Å². The summed E-state index contributed by atoms with van der Waals surface area (Å²) in [5.41, 5.74) is 4.80. The highest BCUT2D eigenvalue weighted by atomic mass is 32.2. The Morgan fingerprint density at radius 2 is 0.862 bits per heavy atom. The second kappa shape index (κ2) is 8.95. The van der Waals surface area contributed by atoms with E-state index in [0.717, 1.165) is 11.1 Å². The van der Waals surface area contributed by atoms with Crippen LogP contribution in [0, 0.1) is 41.5 Å². The lowest BCUT2D eigenvalue weighted by atomic mass is 10.1. The maximum atomic E-state index is 12.6. The zero-order valence-corrected chi connectivity index (χ0v) is 19.5. The largest absolute Gasteiger partial charge is 0.241 e. The van der Waals surface area contributed by atoms with Crippen molar-refractivity contribution < 1.29 is 16.8 Å². The fourth-order valence-electron chi connectivity index (χ4n) is 3.83. The van der Waals surface area contributed by atoms with Crippen LogP contribution >= 0.6 is 0 Å². The molecular weight excluding hydrogens is 408 g/mol. The first kappa shape index (κ1) is 23.5. The van der Waals surface area contributed by atoms with Gasteiger partial charge in [0.2, 0.25) is 20.0 Å². The van der Waals surface area contributed by atoms with Crippen LogP contribution in [0.5, 0.6) is 0 Å². The number of hydrogen-bond donors (Lipinski definition) is 2. The number of aryl methyl sites for hydroxylation is 6. The van der Waals surface area contributed by atoms with Crippen molar-refractivity contribution in [2.45, 2.75) is 57.8 Å². The average Bonchev–Trinajstić information content (AvgIpc) is 2.51. The smallest absolute Gasteiger partial charge is 0.211 e. The summed E-state index contributed by atoms with van der Waals surface area (Å²) in [6.45, 7) is 11.2. The third-order valence-corrected chi connectivity index (χ3v) is 8.22. The molecular formula is C21H30N2O4S2. The lowest BCUT2D eigenvalue weighted by Gasteiger charge is -2.14. The van der Waals surface area contributed by atoms with Crippen LogP contribution in [0.25, 0.3) is 0 Å². The molecule has 2 aromatic carbocycles. The number of nitrogens with one attached hydrogen (secondary N) is 2. The van der Waals surface area contributed by atoms with E-state index in [1.165, 1.54) is 0 Å². The topological polar surface area (TPSA) is 92.3 Å². The van der Waals surface area contributed by atoms with Gasteiger partial charge in [-0.2, -0.15) is 0 Å². The molecule has 0 bridgehead atoms. The first-order valence-electron chi connectivity index (χ1n) is 9.50. The molecule has 8 heteroatoms. The van der Waals surface area contributed by atoms with Gasteiger partial charge in [-0.05, 0) is 70.2 Å². The van der Waals surface area contributed by atoms with Crippen LogP contribution < -0.4 is 9.44 Å². The highest BCUT2D eigenvalue weighted by Gasteiger charge is 2.21. The van der Waals surface area contributed by atoms with Crippen LogP contribution in [-0.2, 0) is 20.0 Å². The molecule has 0 aromatic heterocycles. The van der Waals surface area contributed by atoms with Crippen LogP contribution in [0.15, 0.2) is 34.1 Å². The van der Waals surface area contributed by atoms with Crippen LogP contribution in [0.1, 0.15) is 39.8 Å². The van der Waals surface area contributed by atoms with E-state index in [0.29, 0.717) is 28.7 Å². The Kier molecular flexibility index (Phi) is 7.27. The van der Waals surface area contributed by atoms with Gasteiger partial charge in [0.05, 0.1) is 9.79 Å². The standard InChI is InChI=1S/C21H30N2O4S2/c1-14-10-16(3)20(17(4)11-14)28(24,25)22-8-7-9-23-29(26,27)21-18(5)12-15(2)13-19(21)6/h10-13,22-23H,7-9H2,1-6H3. The van der Waals surface area contributed by atoms with E-state index in [2.05, 4.69) is 9.44 Å². The quantitative estimate of drug-likeness (QED) is 0.619. The Labute approximate surface area is 174 Å². The molecule has 0 atom stereocenters. The lowest BCUT2D eigenvalue weighted by molar-refractivity contribution is 0.571. The monoisotopic (exact) mass is 438 g/mol. The van der Waals surface area contributed by atoms with E-state index in [9.17, 15) is 16.8 Å². The molecule has 29 heavy (non-hydrogen) atoms. The van der Waals surface area contributed by atoms with E-state index >= 15 is 0 Å². The van der Waals surface area contributed by atoms with Crippen molar-refractivity contribution in [3.8, 4) is 0 Å². The Morgan fingerprint density at radius 3 is 1.14 bits per heavy atom. The number of rotatable bonds is 8. The van der Waals surface area contributed by atoms with E-state index in [1.807, 2.05) is 38.1 Å². The Morgan fingerprint density at radius 1 is 0.586 bits per heavy atom. The van der Waals surface area contributed by atoms with Gasteiger partial charge in [-0.3, -0.25) is 0 Å². The van der Waals surface area contributed by atoms with Crippen molar-refractivity contribution in [2.24, 2.45) is 0 Å². The molecule has 0 unspecified atom stereocenters. The van der Waals surface area contributed by atoms with Crippen LogP contribution in [0.4, 0.5) is 0 Å². The molecule has 2 N–H and O–H groups in total. The summed E-state index contributed by atoms with van der Waals surface area (Å²) in [5, 5.41) is 0. The maximum absolute atomic E-state index is 12.6. The summed E-state index contributed by atoms with van der Waals surface area (Å²) >= 11 is 0. The Balaban J connectivity index is 2.00. The first-order valence-corrected chi connectivity index (χ1v) is 12.5. The number of benzene rings is 2. The number of hydrogen-bond acceptors (Lipinski definition) is 4. The van der Waals surface area contributed by atoms with Gasteiger partial charge in [0.25, 0.3) is 0 Å². The summed E-state index contributed by atoms with van der Waals surface area (Å²) in [6, 6.07) is 7.34. The Bertz CT molecular complexity index is 986. The minimum Gasteiger partial charge on any atom is -0.211 e. The molecule has 0 aliphatic carbocycles. The van der Waals surface area contributed by atoms with Crippen molar-refractivity contribution in [1.29, 1.82) is 0 Å². The van der Waals surface area contributed by atoms with E-state index in [4.69, 9.17) is 0 Å². The molecule has 2 rings (SSSR count). The van der Waals surface area contributed by atoms with Gasteiger partial charge in [-0.1, -0.05) is 35.4 Å². The van der Waals surface area contributed by atoms with E-state index in [1.54, 1.807) is 27.7 Å². The van der Waals surface area contributed by atoms with Gasteiger partial charge in [0.15, 0.2) is 0 Å². The molecule has 160 valence electrons. The SMILES string of the molecule is Cc1cc(C)c(S(=O)(=O)NCCCNS(=O)(=O)c2c(C)cc(C)cc2C)c(C)c1. The van der Waals surface area contributed by atoms with Crippen molar-refractivity contribution in [1.82, 2.24) is 9.44 Å². The highest BCUT2D eigenvalue weighted by molar-refractivity contribution is 7.90. The molecule has 6 nitrogen and oxygen atoms in total. The summed E-state index contributed by atoms with van der Waals surface area (Å²) < 4.78 is 55.7. The van der Waals surface area contributed by atoms with Crippen molar-refractivity contribution in [3.63, 3.8) is 0 Å². The van der Waals surface area contributed by atoms with Gasteiger partial charge < -0.3 is 0 Å². The third kappa shape index (κ3) is 5.66. The molecule has 0 saturated heterocycles. The minimum atomic E-state index is -3.65. The average molecular weight is 439 g/mol. The molecule has 0 saturated carbocycles. The molecule has 2 aromatic rings. The molecule has 0 aliphatic heterocycles. The van der Waals surface area contributed by atoms with Crippen LogP contribution in [0.2, 0.25) is 0 Å². The van der Waals surface area contributed by atoms with Gasteiger partial charge in [-0.15, -0.1) is 0 Å². The zero-order chi connectivity index (χ0) is 22.0. The van der Waals surface area contributed by atoms with E-state index in [-0.39, 0.29) is 22.9 Å². The van der Waals surface area contributed by atoms with Gasteiger partial charge >= 0.3 is 0 Å². The second-order valence-electron chi connectivity index (χ2n) is 7.60. The summed E-state index contributed by atoms with van der Waals surface area (Å²) in [4.78, 5) is 0.573. The van der Waals surface area contributed by atoms with E-state index < -0.39 is 20.0 Å². The molecule has 0 fully saturated rings. The van der Waals surface area contributed by atoms with Crippen LogP contribution in [-0.4, -0.2) is 29.9 Å². The van der Waals surface area contributed by atoms with Gasteiger partial charge in [0, 0.05) is 13.1 Å². The second-order valence-corrected chi connectivity index (χ2v) is 11.0. The fraction of sp³-hybridized carbons (Fsp3) is 0.429. The molecule has 0 radical (unpaired) electrons. The third-order valence-electron chi connectivity index (χ3n) is 4.68. The van der Waals surface area contributed by atoms with Gasteiger partial charge in [0.1, 0.15) is 0 Å². The summed E-state index contributed by atoms with van der Waals surface area (Å²) in [7, 11) is -7.30. The zero-order valence-electron chi connectivity index (χ0n) is 17.9. The normalized spacial score (nSPS) is 12.3. The predicted octanol–water partition coefficient (Wildman–Crippen LogP) is 3.18. The van der Waals surface area contributed by atoms with Gasteiger partial charge in [-0.25, -0.2) is 26.3 Å². The highest BCUT2D eigenvalue weighted by Crippen LogP contribution is 2.22. The van der Waals surface area contributed by atoms with Crippen molar-refractivity contribution in [2.75, 3.05) is 13.1 Å². The molecule has 0 aliphatic rings. The molecule has 0 spiro atoms. The fourth-order valence-corrected chi connectivity index (χ4v) is 6.87. The van der Waals surface area contributed by atoms with Crippen molar-refractivity contribution >= 4 is 20.0 Å². The molecule has 0 heterocycles. The molecule has 0 amide bonds. The summed E-state index contributed by atoms with van der Waals surface area (Å²) in [6.07, 6.45) is 0.340. The first-order chi connectivity index (χ1) is 13.3.